The smallest absolute Gasteiger partial charge is 0.0116 e. The number of hydrogen-bond acceptors (Lipinski definition) is 0. The van der Waals surface area contributed by atoms with Gasteiger partial charge in [-0.25, -0.2) is 0 Å². The molecule has 0 heterocycles. The number of allylic oxidation sites excluding steroid dienone is 1. The van der Waals surface area contributed by atoms with Crippen molar-refractivity contribution in [3.8, 4) is 0 Å². The molecule has 2 saturated carbocycles. The van der Waals surface area contributed by atoms with Gasteiger partial charge in [-0.3, -0.25) is 0 Å². The van der Waals surface area contributed by atoms with Crippen LogP contribution in [0.25, 0.3) is 0 Å². The van der Waals surface area contributed by atoms with Crippen molar-refractivity contribution in [1.29, 1.82) is 0 Å². The fourth-order valence-corrected chi connectivity index (χ4v) is 2.74. The Morgan fingerprint density at radius 3 is 2.27 bits per heavy atom. The third-order valence-corrected chi connectivity index (χ3v) is 3.77. The fraction of sp³-hybridized carbons (Fsp3) is 0.818. The van der Waals surface area contributed by atoms with Crippen LogP contribution in [0.2, 0.25) is 0 Å². The van der Waals surface area contributed by atoms with Gasteiger partial charge in [-0.15, -0.1) is 0 Å². The van der Waals surface area contributed by atoms with Crippen molar-refractivity contribution in [3.63, 3.8) is 0 Å². The lowest BCUT2D eigenvalue weighted by molar-refractivity contribution is 0.289. The zero-order chi connectivity index (χ0) is 7.35. The summed E-state index contributed by atoms with van der Waals surface area (Å²) in [5.41, 5.74) is 2.01. The van der Waals surface area contributed by atoms with Gasteiger partial charge in [0.15, 0.2) is 0 Å². The summed E-state index contributed by atoms with van der Waals surface area (Å²) in [6.07, 6.45) is 4.31. The molecule has 0 heteroatoms. The van der Waals surface area contributed by atoms with Gasteiger partial charge in [-0.2, -0.15) is 0 Å². The summed E-state index contributed by atoms with van der Waals surface area (Å²) in [4.78, 5) is 0. The van der Waals surface area contributed by atoms with Gasteiger partial charge in [-0.1, -0.05) is 33.4 Å². The van der Waals surface area contributed by atoms with Crippen LogP contribution in [0, 0.1) is 17.3 Å². The standard InChI is InChI=1S/C10H16.CH4/c1-7-8-4-5-9(6-8)10(7,2)3;/h8-9H,1,4-6H2,2-3H3;1H4. The van der Waals surface area contributed by atoms with Crippen LogP contribution in [0.1, 0.15) is 40.5 Å². The van der Waals surface area contributed by atoms with Gasteiger partial charge >= 0.3 is 0 Å². The first-order chi connectivity index (χ1) is 4.62. The van der Waals surface area contributed by atoms with Gasteiger partial charge < -0.3 is 0 Å². The second-order valence-electron chi connectivity index (χ2n) is 4.45. The zero-order valence-corrected chi connectivity index (χ0v) is 6.98. The average Bonchev–Trinajstić information content (AvgIpc) is 2.37. The van der Waals surface area contributed by atoms with Gasteiger partial charge in [0.25, 0.3) is 0 Å². The predicted molar refractivity (Wildman–Crippen MR) is 50.5 cm³/mol. The first-order valence-corrected chi connectivity index (χ1v) is 4.31. The molecule has 0 radical (unpaired) electrons. The minimum Gasteiger partial charge on any atom is -0.0990 e. The van der Waals surface area contributed by atoms with Crippen molar-refractivity contribution >= 4 is 0 Å². The molecule has 0 nitrogen and oxygen atoms in total. The van der Waals surface area contributed by atoms with E-state index in [0.29, 0.717) is 5.41 Å². The van der Waals surface area contributed by atoms with E-state index in [9.17, 15) is 0 Å². The molecular weight excluding hydrogens is 132 g/mol. The molecule has 2 bridgehead atoms. The first-order valence-electron chi connectivity index (χ1n) is 4.31. The zero-order valence-electron chi connectivity index (χ0n) is 6.98. The van der Waals surface area contributed by atoms with Crippen LogP contribution in [0.15, 0.2) is 12.2 Å². The topological polar surface area (TPSA) is 0 Å². The molecular formula is C11H20. The normalized spacial score (nSPS) is 38.9. The maximum absolute atomic E-state index is 4.19. The van der Waals surface area contributed by atoms with Gasteiger partial charge in [0.2, 0.25) is 0 Å². The van der Waals surface area contributed by atoms with Crippen molar-refractivity contribution in [2.45, 2.75) is 40.5 Å². The molecule has 2 atom stereocenters. The summed E-state index contributed by atoms with van der Waals surface area (Å²) in [6, 6.07) is 0. The lowest BCUT2D eigenvalue weighted by Crippen LogP contribution is -2.21. The van der Waals surface area contributed by atoms with Gasteiger partial charge in [0, 0.05) is 0 Å². The summed E-state index contributed by atoms with van der Waals surface area (Å²) < 4.78 is 0. The van der Waals surface area contributed by atoms with E-state index >= 15 is 0 Å². The molecule has 11 heavy (non-hydrogen) atoms. The third-order valence-electron chi connectivity index (χ3n) is 3.77. The van der Waals surface area contributed by atoms with Gasteiger partial charge in [0.1, 0.15) is 0 Å². The predicted octanol–water partition coefficient (Wildman–Crippen LogP) is 3.63. The Labute approximate surface area is 70.7 Å². The van der Waals surface area contributed by atoms with Crippen molar-refractivity contribution in [2.75, 3.05) is 0 Å². The highest BCUT2D eigenvalue weighted by atomic mass is 14.5. The average molecular weight is 152 g/mol. The molecule has 64 valence electrons. The van der Waals surface area contributed by atoms with Crippen molar-refractivity contribution in [3.05, 3.63) is 12.2 Å². The second-order valence-corrected chi connectivity index (χ2v) is 4.45. The minimum absolute atomic E-state index is 0. The second kappa shape index (κ2) is 2.36. The lowest BCUT2D eigenvalue weighted by atomic mass is 9.73. The van der Waals surface area contributed by atoms with E-state index in [1.54, 1.807) is 0 Å². The Bertz CT molecular complexity index is 176. The highest BCUT2D eigenvalue weighted by molar-refractivity contribution is 5.22. The van der Waals surface area contributed by atoms with E-state index in [2.05, 4.69) is 20.4 Å². The third kappa shape index (κ3) is 0.953. The van der Waals surface area contributed by atoms with Gasteiger partial charge in [0.05, 0.1) is 0 Å². The molecule has 2 aliphatic rings. The molecule has 0 aromatic carbocycles. The summed E-state index contributed by atoms with van der Waals surface area (Å²) in [5.74, 6) is 1.85. The summed E-state index contributed by atoms with van der Waals surface area (Å²) in [6.45, 7) is 8.91. The van der Waals surface area contributed by atoms with Crippen LogP contribution < -0.4 is 0 Å². The Morgan fingerprint density at radius 1 is 1.36 bits per heavy atom. The van der Waals surface area contributed by atoms with Crippen molar-refractivity contribution in [1.82, 2.24) is 0 Å². The van der Waals surface area contributed by atoms with Crippen LogP contribution in [-0.2, 0) is 0 Å². The Balaban J connectivity index is 0.000000605. The van der Waals surface area contributed by atoms with E-state index in [4.69, 9.17) is 0 Å². The van der Waals surface area contributed by atoms with Crippen LogP contribution >= 0.6 is 0 Å². The van der Waals surface area contributed by atoms with Crippen LogP contribution in [0.4, 0.5) is 0 Å². The van der Waals surface area contributed by atoms with E-state index in [1.165, 1.54) is 24.8 Å². The number of fused-ring (bicyclic) bond motifs is 2. The summed E-state index contributed by atoms with van der Waals surface area (Å²) >= 11 is 0. The molecule has 0 N–H and O–H groups in total. The van der Waals surface area contributed by atoms with Crippen LogP contribution in [-0.4, -0.2) is 0 Å². The quantitative estimate of drug-likeness (QED) is 0.465. The van der Waals surface area contributed by atoms with Crippen LogP contribution in [0.5, 0.6) is 0 Å². The maximum atomic E-state index is 4.19. The molecule has 2 unspecified atom stereocenters. The molecule has 0 spiro atoms. The largest absolute Gasteiger partial charge is 0.0990 e. The molecule has 0 saturated heterocycles. The van der Waals surface area contributed by atoms with Crippen LogP contribution in [0.3, 0.4) is 0 Å². The lowest BCUT2D eigenvalue weighted by Gasteiger charge is -2.31. The molecule has 0 aliphatic heterocycles. The molecule has 2 aliphatic carbocycles. The summed E-state index contributed by atoms with van der Waals surface area (Å²) in [5, 5.41) is 0. The SMILES string of the molecule is C.C=C1C2CCC(C2)C1(C)C. The van der Waals surface area contributed by atoms with Crippen molar-refractivity contribution in [2.24, 2.45) is 17.3 Å². The monoisotopic (exact) mass is 152 g/mol. The number of hydrogen-bond donors (Lipinski definition) is 0. The molecule has 2 fully saturated rings. The Kier molecular flexibility index (Phi) is 1.90. The highest BCUT2D eigenvalue weighted by Crippen LogP contribution is 2.58. The minimum atomic E-state index is 0. The molecule has 2 rings (SSSR count). The van der Waals surface area contributed by atoms with E-state index in [-0.39, 0.29) is 7.43 Å². The molecule has 0 amide bonds. The Hall–Kier alpha value is -0.260. The molecule has 0 aromatic rings. The van der Waals surface area contributed by atoms with Gasteiger partial charge in [-0.05, 0) is 36.5 Å². The van der Waals surface area contributed by atoms with E-state index < -0.39 is 0 Å². The summed E-state index contributed by atoms with van der Waals surface area (Å²) in [7, 11) is 0. The fourth-order valence-electron chi connectivity index (χ4n) is 2.74. The van der Waals surface area contributed by atoms with E-state index in [1.807, 2.05) is 0 Å². The maximum Gasteiger partial charge on any atom is -0.0116 e. The van der Waals surface area contributed by atoms with E-state index in [0.717, 1.165) is 11.8 Å². The first kappa shape index (κ1) is 8.83. The number of rotatable bonds is 0. The molecule has 0 aromatic heterocycles. The Morgan fingerprint density at radius 2 is 2.00 bits per heavy atom. The van der Waals surface area contributed by atoms with Crippen molar-refractivity contribution < 1.29 is 0 Å². The highest BCUT2D eigenvalue weighted by Gasteiger charge is 2.47.